The highest BCUT2D eigenvalue weighted by atomic mass is 35.5. The Hall–Kier alpha value is -3.50. The van der Waals surface area contributed by atoms with Crippen molar-refractivity contribution >= 4 is 62.5 Å². The van der Waals surface area contributed by atoms with Gasteiger partial charge >= 0.3 is 17.9 Å². The number of ether oxygens (including phenoxy) is 3. The van der Waals surface area contributed by atoms with Crippen LogP contribution in [0.4, 0.5) is 10.1 Å². The summed E-state index contributed by atoms with van der Waals surface area (Å²) in [7, 11) is 2.34. The first-order valence-electron chi connectivity index (χ1n) is 8.90. The van der Waals surface area contributed by atoms with Gasteiger partial charge in [0.1, 0.15) is 10.7 Å². The van der Waals surface area contributed by atoms with Crippen LogP contribution in [-0.4, -0.2) is 44.6 Å². The molecule has 1 N–H and O–H groups in total. The normalized spacial score (nSPS) is 10.5. The number of carbonyl (C=O) groups is 4. The second kappa shape index (κ2) is 9.75. The number of esters is 3. The molecule has 1 aromatic heterocycles. The zero-order chi connectivity index (χ0) is 23.4. The molecule has 0 aliphatic carbocycles. The van der Waals surface area contributed by atoms with E-state index in [2.05, 4.69) is 14.8 Å². The second-order valence-corrected chi connectivity index (χ2v) is 7.68. The van der Waals surface area contributed by atoms with E-state index in [0.717, 1.165) is 18.4 Å². The van der Waals surface area contributed by atoms with Crippen molar-refractivity contribution < 1.29 is 37.8 Å². The predicted molar refractivity (Wildman–Crippen MR) is 115 cm³/mol. The minimum atomic E-state index is -0.872. The molecule has 32 heavy (non-hydrogen) atoms. The van der Waals surface area contributed by atoms with Crippen molar-refractivity contribution in [2.24, 2.45) is 0 Å². The van der Waals surface area contributed by atoms with Crippen molar-refractivity contribution in [3.8, 4) is 0 Å². The van der Waals surface area contributed by atoms with Crippen LogP contribution in [-0.2, 0) is 19.0 Å². The lowest BCUT2D eigenvalue weighted by Gasteiger charge is -2.11. The van der Waals surface area contributed by atoms with Crippen LogP contribution in [0.2, 0.25) is 5.02 Å². The summed E-state index contributed by atoms with van der Waals surface area (Å²) in [6, 6.07) is 7.74. The van der Waals surface area contributed by atoms with E-state index in [-0.39, 0.29) is 26.7 Å². The van der Waals surface area contributed by atoms with Gasteiger partial charge in [-0.05, 0) is 36.4 Å². The zero-order valence-electron chi connectivity index (χ0n) is 16.7. The Labute approximate surface area is 189 Å². The van der Waals surface area contributed by atoms with Crippen LogP contribution < -0.4 is 5.32 Å². The van der Waals surface area contributed by atoms with E-state index in [1.165, 1.54) is 43.5 Å². The summed E-state index contributed by atoms with van der Waals surface area (Å²) in [4.78, 5) is 48.4. The van der Waals surface area contributed by atoms with Gasteiger partial charge in [-0.15, -0.1) is 11.3 Å². The van der Waals surface area contributed by atoms with Crippen LogP contribution in [0.25, 0.3) is 10.1 Å². The zero-order valence-corrected chi connectivity index (χ0v) is 18.3. The number of hydrogen-bond acceptors (Lipinski definition) is 8. The van der Waals surface area contributed by atoms with Crippen LogP contribution in [0.15, 0.2) is 36.4 Å². The molecule has 0 unspecified atom stereocenters. The van der Waals surface area contributed by atoms with Gasteiger partial charge in [0.2, 0.25) is 0 Å². The number of thiophene rings is 1. The van der Waals surface area contributed by atoms with E-state index in [4.69, 9.17) is 16.3 Å². The molecule has 0 radical (unpaired) electrons. The number of fused-ring (bicyclic) bond motifs is 1. The lowest BCUT2D eigenvalue weighted by Crippen LogP contribution is -2.22. The third kappa shape index (κ3) is 4.87. The van der Waals surface area contributed by atoms with Crippen molar-refractivity contribution in [2.75, 3.05) is 26.1 Å². The average Bonchev–Trinajstić information content (AvgIpc) is 3.11. The van der Waals surface area contributed by atoms with E-state index < -0.39 is 36.2 Å². The van der Waals surface area contributed by atoms with E-state index in [1.54, 1.807) is 0 Å². The summed E-state index contributed by atoms with van der Waals surface area (Å²) in [6.45, 7) is -0.708. The fourth-order valence-corrected chi connectivity index (χ4v) is 4.16. The quantitative estimate of drug-likeness (QED) is 0.419. The molecule has 2 aromatic carbocycles. The van der Waals surface area contributed by atoms with Crippen molar-refractivity contribution in [3.63, 3.8) is 0 Å². The third-order valence-corrected chi connectivity index (χ3v) is 5.87. The number of anilines is 1. The first-order chi connectivity index (χ1) is 15.2. The first kappa shape index (κ1) is 23.2. The van der Waals surface area contributed by atoms with Crippen LogP contribution >= 0.6 is 22.9 Å². The molecule has 1 amide bonds. The number of methoxy groups -OCH3 is 2. The van der Waals surface area contributed by atoms with Crippen molar-refractivity contribution in [3.05, 3.63) is 63.2 Å². The fourth-order valence-electron chi connectivity index (χ4n) is 2.73. The van der Waals surface area contributed by atoms with Gasteiger partial charge in [0.25, 0.3) is 5.91 Å². The Morgan fingerprint density at radius 3 is 2.41 bits per heavy atom. The van der Waals surface area contributed by atoms with Gasteiger partial charge in [0, 0.05) is 10.1 Å². The molecule has 0 spiro atoms. The lowest BCUT2D eigenvalue weighted by molar-refractivity contribution is -0.119. The van der Waals surface area contributed by atoms with Gasteiger partial charge in [0.05, 0.1) is 36.1 Å². The number of carbonyl (C=O) groups excluding carboxylic acids is 4. The highest BCUT2D eigenvalue weighted by Crippen LogP contribution is 2.36. The molecule has 0 bridgehead atoms. The number of amides is 1. The molecule has 1 heterocycles. The molecule has 0 saturated heterocycles. The Balaban J connectivity index is 1.74. The summed E-state index contributed by atoms with van der Waals surface area (Å²) in [5, 5.41) is 2.97. The standard InChI is InChI=1S/C21H15ClFNO7S/c1-29-19(26)10-3-5-12(20(27)30-2)14(7-10)24-16(25)9-31-21(28)18-17(22)13-6-4-11(23)8-15(13)32-18/h3-8H,9H2,1-2H3,(H,24,25). The maximum atomic E-state index is 13.4. The molecular formula is C21H15ClFNO7S. The fraction of sp³-hybridized carbons (Fsp3) is 0.143. The maximum Gasteiger partial charge on any atom is 0.350 e. The smallest absolute Gasteiger partial charge is 0.350 e. The molecule has 0 aliphatic rings. The number of hydrogen-bond donors (Lipinski definition) is 1. The van der Waals surface area contributed by atoms with Crippen LogP contribution in [0, 0.1) is 5.82 Å². The van der Waals surface area contributed by atoms with Crippen molar-refractivity contribution in [2.45, 2.75) is 0 Å². The number of nitrogens with one attached hydrogen (secondary N) is 1. The molecule has 11 heteroatoms. The SMILES string of the molecule is COC(=O)c1ccc(C(=O)OC)c(NC(=O)COC(=O)c2sc3cc(F)ccc3c2Cl)c1. The highest BCUT2D eigenvalue weighted by molar-refractivity contribution is 7.21. The molecule has 3 rings (SSSR count). The van der Waals surface area contributed by atoms with Crippen LogP contribution in [0.3, 0.4) is 0 Å². The monoisotopic (exact) mass is 479 g/mol. The number of rotatable bonds is 6. The number of halogens is 2. The third-order valence-electron chi connectivity index (χ3n) is 4.23. The minimum Gasteiger partial charge on any atom is -0.465 e. The van der Waals surface area contributed by atoms with Gasteiger partial charge in [0.15, 0.2) is 6.61 Å². The molecular weight excluding hydrogens is 465 g/mol. The largest absolute Gasteiger partial charge is 0.465 e. The Kier molecular flexibility index (Phi) is 7.06. The van der Waals surface area contributed by atoms with E-state index >= 15 is 0 Å². The Morgan fingerprint density at radius 2 is 1.72 bits per heavy atom. The van der Waals surface area contributed by atoms with Crippen LogP contribution in [0.5, 0.6) is 0 Å². The summed E-state index contributed by atoms with van der Waals surface area (Å²) in [5.74, 6) is -3.57. The average molecular weight is 480 g/mol. The van der Waals surface area contributed by atoms with E-state index in [0.29, 0.717) is 10.1 Å². The molecule has 0 atom stereocenters. The van der Waals surface area contributed by atoms with Gasteiger partial charge in [-0.1, -0.05) is 11.6 Å². The predicted octanol–water partition coefficient (Wildman–Crippen LogP) is 4.06. The minimum absolute atomic E-state index is 0.0167. The molecule has 3 aromatic rings. The van der Waals surface area contributed by atoms with Crippen LogP contribution in [0.1, 0.15) is 30.4 Å². The lowest BCUT2D eigenvalue weighted by atomic mass is 10.1. The summed E-state index contributed by atoms with van der Waals surface area (Å²) < 4.78 is 28.1. The Morgan fingerprint density at radius 1 is 1.00 bits per heavy atom. The number of benzene rings is 2. The maximum absolute atomic E-state index is 13.4. The van der Waals surface area contributed by atoms with E-state index in [9.17, 15) is 23.6 Å². The summed E-state index contributed by atoms with van der Waals surface area (Å²) in [5.41, 5.74) is 0.0299. The highest BCUT2D eigenvalue weighted by Gasteiger charge is 2.21. The van der Waals surface area contributed by atoms with Gasteiger partial charge in [-0.3, -0.25) is 4.79 Å². The molecule has 8 nitrogen and oxygen atoms in total. The summed E-state index contributed by atoms with van der Waals surface area (Å²) >= 11 is 7.10. The molecule has 0 saturated carbocycles. The first-order valence-corrected chi connectivity index (χ1v) is 10.1. The van der Waals surface area contributed by atoms with Crippen molar-refractivity contribution in [1.82, 2.24) is 0 Å². The summed E-state index contributed by atoms with van der Waals surface area (Å²) in [6.07, 6.45) is 0. The van der Waals surface area contributed by atoms with Gasteiger partial charge in [-0.2, -0.15) is 0 Å². The van der Waals surface area contributed by atoms with E-state index in [1.807, 2.05) is 0 Å². The van der Waals surface area contributed by atoms with Gasteiger partial charge < -0.3 is 19.5 Å². The Bertz CT molecular complexity index is 1240. The second-order valence-electron chi connectivity index (χ2n) is 6.25. The topological polar surface area (TPSA) is 108 Å². The molecule has 0 fully saturated rings. The molecule has 0 aliphatic heterocycles. The van der Waals surface area contributed by atoms with Gasteiger partial charge in [-0.25, -0.2) is 18.8 Å². The van der Waals surface area contributed by atoms with Crippen molar-refractivity contribution in [1.29, 1.82) is 0 Å². The molecule has 166 valence electrons.